The minimum atomic E-state index is -3.80. The third-order valence-electron chi connectivity index (χ3n) is 3.49. The number of nitrogens with zero attached hydrogens (tertiary/aromatic N) is 2. The van der Waals surface area contributed by atoms with E-state index in [9.17, 15) is 18.0 Å². The maximum atomic E-state index is 12.1. The molecule has 1 aromatic carbocycles. The van der Waals surface area contributed by atoms with E-state index in [0.717, 1.165) is 6.20 Å². The molecule has 2 amide bonds. The van der Waals surface area contributed by atoms with Crippen molar-refractivity contribution in [3.8, 4) is 6.07 Å². The first-order chi connectivity index (χ1) is 13.3. The van der Waals surface area contributed by atoms with Crippen molar-refractivity contribution < 1.29 is 23.1 Å². The number of carboxylic acids is 1. The Kier molecular flexibility index (Phi) is 7.02. The fraction of sp³-hybridized carbons (Fsp3) is 0.176. The number of pyridine rings is 1. The van der Waals surface area contributed by atoms with Crippen molar-refractivity contribution in [1.29, 1.82) is 5.26 Å². The Morgan fingerprint density at radius 2 is 1.93 bits per heavy atom. The van der Waals surface area contributed by atoms with Crippen LogP contribution in [0.2, 0.25) is 0 Å². The van der Waals surface area contributed by atoms with Crippen molar-refractivity contribution in [2.45, 2.75) is 11.4 Å². The van der Waals surface area contributed by atoms with E-state index in [1.165, 1.54) is 24.3 Å². The van der Waals surface area contributed by atoms with Gasteiger partial charge in [0.05, 0.1) is 5.56 Å². The zero-order chi connectivity index (χ0) is 20.6. The van der Waals surface area contributed by atoms with Crippen molar-refractivity contribution in [2.75, 3.05) is 13.1 Å². The van der Waals surface area contributed by atoms with Gasteiger partial charge in [0.25, 0.3) is 0 Å². The number of sulfonamides is 1. The van der Waals surface area contributed by atoms with Gasteiger partial charge >= 0.3 is 12.0 Å². The van der Waals surface area contributed by atoms with Crippen LogP contribution >= 0.6 is 0 Å². The molecule has 0 atom stereocenters. The summed E-state index contributed by atoms with van der Waals surface area (Å²) in [7, 11) is -3.80. The lowest BCUT2D eigenvalue weighted by atomic mass is 10.1. The van der Waals surface area contributed by atoms with Crippen LogP contribution < -0.4 is 15.4 Å². The van der Waals surface area contributed by atoms with Crippen LogP contribution in [0.5, 0.6) is 0 Å². The van der Waals surface area contributed by atoms with Crippen LogP contribution in [0.15, 0.2) is 47.5 Å². The van der Waals surface area contributed by atoms with Gasteiger partial charge in [0.15, 0.2) is 0 Å². The second-order valence-electron chi connectivity index (χ2n) is 5.50. The topological polar surface area (TPSA) is 161 Å². The summed E-state index contributed by atoms with van der Waals surface area (Å²) in [4.78, 5) is 26.3. The standard InChI is InChI=1S/C17H17N5O5S/c18-9-14-4-5-15(11-20-14)28(26,27)22-7-6-19-17(25)21-10-12-2-1-3-13(8-12)16(23)24/h1-5,8,11,22H,6-7,10H2,(H,23,24)(H2,19,21,25). The largest absolute Gasteiger partial charge is 0.478 e. The normalized spacial score (nSPS) is 10.7. The van der Waals surface area contributed by atoms with Crippen LogP contribution in [0.3, 0.4) is 0 Å². The monoisotopic (exact) mass is 403 g/mol. The van der Waals surface area contributed by atoms with E-state index < -0.39 is 22.0 Å². The van der Waals surface area contributed by atoms with Gasteiger partial charge < -0.3 is 15.7 Å². The molecule has 0 radical (unpaired) electrons. The van der Waals surface area contributed by atoms with Crippen LogP contribution in [0.1, 0.15) is 21.6 Å². The van der Waals surface area contributed by atoms with Crippen LogP contribution in [-0.2, 0) is 16.6 Å². The lowest BCUT2D eigenvalue weighted by molar-refractivity contribution is 0.0696. The highest BCUT2D eigenvalue weighted by molar-refractivity contribution is 7.89. The first-order valence-corrected chi connectivity index (χ1v) is 9.50. The minimum absolute atomic E-state index is 0.0317. The molecule has 0 bridgehead atoms. The number of carbonyl (C=O) groups is 2. The Morgan fingerprint density at radius 1 is 1.14 bits per heavy atom. The Hall–Kier alpha value is -3.49. The number of hydrogen-bond acceptors (Lipinski definition) is 6. The van der Waals surface area contributed by atoms with Gasteiger partial charge in [0, 0.05) is 25.8 Å². The van der Waals surface area contributed by atoms with Crippen LogP contribution in [0.4, 0.5) is 4.79 Å². The van der Waals surface area contributed by atoms with Crippen molar-refractivity contribution in [1.82, 2.24) is 20.3 Å². The molecule has 10 nitrogen and oxygen atoms in total. The van der Waals surface area contributed by atoms with E-state index in [0.29, 0.717) is 5.56 Å². The van der Waals surface area contributed by atoms with Gasteiger partial charge in [-0.15, -0.1) is 0 Å². The van der Waals surface area contributed by atoms with Gasteiger partial charge in [-0.05, 0) is 29.8 Å². The summed E-state index contributed by atoms with van der Waals surface area (Å²) in [6, 6.07) is 9.96. The molecule has 0 saturated heterocycles. The summed E-state index contributed by atoms with van der Waals surface area (Å²) >= 11 is 0. The smallest absolute Gasteiger partial charge is 0.335 e. The average Bonchev–Trinajstić information content (AvgIpc) is 2.70. The number of urea groups is 1. The van der Waals surface area contributed by atoms with E-state index in [1.54, 1.807) is 18.2 Å². The van der Waals surface area contributed by atoms with E-state index in [-0.39, 0.29) is 35.8 Å². The SMILES string of the molecule is N#Cc1ccc(S(=O)(=O)NCCNC(=O)NCc2cccc(C(=O)O)c2)cn1. The Bertz CT molecular complexity index is 999. The quantitative estimate of drug-likeness (QED) is 0.465. The fourth-order valence-corrected chi connectivity index (χ4v) is 3.09. The molecular formula is C17H17N5O5S. The van der Waals surface area contributed by atoms with E-state index >= 15 is 0 Å². The molecule has 0 aliphatic rings. The maximum absolute atomic E-state index is 12.1. The van der Waals surface area contributed by atoms with Gasteiger partial charge in [0.1, 0.15) is 16.7 Å². The number of amides is 2. The zero-order valence-corrected chi connectivity index (χ0v) is 15.4. The molecule has 2 rings (SSSR count). The first kappa shape index (κ1) is 20.8. The highest BCUT2D eigenvalue weighted by atomic mass is 32.2. The van der Waals surface area contributed by atoms with E-state index in [2.05, 4.69) is 20.3 Å². The zero-order valence-electron chi connectivity index (χ0n) is 14.5. The number of benzene rings is 1. The maximum Gasteiger partial charge on any atom is 0.335 e. The Balaban J connectivity index is 1.75. The van der Waals surface area contributed by atoms with Crippen molar-refractivity contribution >= 4 is 22.0 Å². The number of aromatic carboxylic acids is 1. The van der Waals surface area contributed by atoms with Gasteiger partial charge in [-0.3, -0.25) is 0 Å². The number of rotatable bonds is 8. The van der Waals surface area contributed by atoms with Crippen LogP contribution in [-0.4, -0.2) is 43.6 Å². The van der Waals surface area contributed by atoms with Gasteiger partial charge in [0.2, 0.25) is 10.0 Å². The molecule has 0 spiro atoms. The molecule has 1 heterocycles. The number of aromatic nitrogens is 1. The van der Waals surface area contributed by atoms with Crippen LogP contribution in [0.25, 0.3) is 0 Å². The van der Waals surface area contributed by atoms with Crippen LogP contribution in [0, 0.1) is 11.3 Å². The lowest BCUT2D eigenvalue weighted by Crippen LogP contribution is -2.40. The number of hydrogen-bond donors (Lipinski definition) is 4. The van der Waals surface area contributed by atoms with Gasteiger partial charge in [-0.1, -0.05) is 12.1 Å². The molecule has 1 aromatic heterocycles. The molecule has 0 aliphatic carbocycles. The number of nitrogens with one attached hydrogen (secondary N) is 3. The second-order valence-corrected chi connectivity index (χ2v) is 7.27. The highest BCUT2D eigenvalue weighted by Crippen LogP contribution is 2.07. The Labute approximate surface area is 161 Å². The van der Waals surface area contributed by atoms with Crippen molar-refractivity contribution in [3.05, 3.63) is 59.4 Å². The number of carboxylic acid groups (broad SMARTS) is 1. The Morgan fingerprint density at radius 3 is 2.57 bits per heavy atom. The third kappa shape index (κ3) is 6.04. The second kappa shape index (κ2) is 9.45. The first-order valence-electron chi connectivity index (χ1n) is 8.01. The molecule has 28 heavy (non-hydrogen) atoms. The summed E-state index contributed by atoms with van der Waals surface area (Å²) < 4.78 is 26.4. The molecule has 0 fully saturated rings. The van der Waals surface area contributed by atoms with E-state index in [4.69, 9.17) is 10.4 Å². The summed E-state index contributed by atoms with van der Waals surface area (Å²) in [5.41, 5.74) is 0.835. The summed E-state index contributed by atoms with van der Waals surface area (Å²) in [6.07, 6.45) is 1.08. The highest BCUT2D eigenvalue weighted by Gasteiger charge is 2.14. The van der Waals surface area contributed by atoms with Gasteiger partial charge in [-0.2, -0.15) is 5.26 Å². The molecule has 11 heteroatoms. The summed E-state index contributed by atoms with van der Waals surface area (Å²) in [5, 5.41) is 22.6. The predicted octanol–water partition coefficient (Wildman–Crippen LogP) is 0.429. The molecule has 2 aromatic rings. The third-order valence-corrected chi connectivity index (χ3v) is 4.94. The van der Waals surface area contributed by atoms with Crippen molar-refractivity contribution in [2.24, 2.45) is 0 Å². The minimum Gasteiger partial charge on any atom is -0.478 e. The predicted molar refractivity (Wildman–Crippen MR) is 97.8 cm³/mol. The fourth-order valence-electron chi connectivity index (χ4n) is 2.11. The molecular weight excluding hydrogens is 386 g/mol. The molecule has 4 N–H and O–H groups in total. The number of carbonyl (C=O) groups excluding carboxylic acids is 1. The summed E-state index contributed by atoms with van der Waals surface area (Å²) in [6.45, 7) is 0.101. The molecule has 146 valence electrons. The lowest BCUT2D eigenvalue weighted by Gasteiger charge is -2.09. The number of nitriles is 1. The average molecular weight is 403 g/mol. The van der Waals surface area contributed by atoms with Crippen molar-refractivity contribution in [3.63, 3.8) is 0 Å². The molecule has 0 aliphatic heterocycles. The summed E-state index contributed by atoms with van der Waals surface area (Å²) in [5.74, 6) is -1.06. The molecule has 0 saturated carbocycles. The van der Waals surface area contributed by atoms with Gasteiger partial charge in [-0.25, -0.2) is 27.7 Å². The molecule has 0 unspecified atom stereocenters. The van der Waals surface area contributed by atoms with E-state index in [1.807, 2.05) is 0 Å².